The molecular weight excluding hydrogens is 418 g/mol. The molecule has 3 amide bonds. The Kier molecular flexibility index (Phi) is 7.17. The minimum atomic E-state index is -3.80. The molecule has 0 bridgehead atoms. The maximum absolute atomic E-state index is 13.1. The molecule has 0 atom stereocenters. The number of hydrogen-bond acceptors (Lipinski definition) is 6. The van der Waals surface area contributed by atoms with Gasteiger partial charge in [0, 0.05) is 30.4 Å². The second kappa shape index (κ2) is 9.65. The van der Waals surface area contributed by atoms with Crippen LogP contribution in [0.3, 0.4) is 0 Å². The zero-order valence-electron chi connectivity index (χ0n) is 18.1. The van der Waals surface area contributed by atoms with Gasteiger partial charge in [-0.25, -0.2) is 17.5 Å². The van der Waals surface area contributed by atoms with Crippen molar-refractivity contribution in [2.45, 2.75) is 32.7 Å². The molecule has 1 N–H and O–H groups in total. The van der Waals surface area contributed by atoms with Gasteiger partial charge in [0.25, 0.3) is 5.91 Å². The number of sulfonamides is 1. The van der Waals surface area contributed by atoms with Crippen LogP contribution < -0.4 is 5.32 Å². The van der Waals surface area contributed by atoms with Crippen molar-refractivity contribution >= 4 is 28.0 Å². The van der Waals surface area contributed by atoms with Crippen LogP contribution >= 0.6 is 0 Å². The average molecular weight is 448 g/mol. The normalized spacial score (nSPS) is 18.6. The molecule has 0 radical (unpaired) electrons. The highest BCUT2D eigenvalue weighted by Crippen LogP contribution is 2.36. The summed E-state index contributed by atoms with van der Waals surface area (Å²) in [6.07, 6.45) is 4.15. The number of urea groups is 1. The summed E-state index contributed by atoms with van der Waals surface area (Å²) >= 11 is 0. The summed E-state index contributed by atoms with van der Waals surface area (Å²) in [4.78, 5) is 27.8. The molecule has 0 aromatic heterocycles. The molecule has 31 heavy (non-hydrogen) atoms. The first-order chi connectivity index (χ1) is 14.7. The van der Waals surface area contributed by atoms with Gasteiger partial charge in [-0.3, -0.25) is 10.1 Å². The number of rotatable bonds is 5. The third-order valence-electron chi connectivity index (χ3n) is 5.22. The number of hydrogen-bond donors (Lipinski definition) is 1. The molecule has 0 saturated carbocycles. The number of morpholine rings is 1. The van der Waals surface area contributed by atoms with Gasteiger partial charge in [-0.1, -0.05) is 30.3 Å². The van der Waals surface area contributed by atoms with Gasteiger partial charge in [-0.05, 0) is 43.9 Å². The number of ether oxygens (including phenoxy) is 1. The van der Waals surface area contributed by atoms with E-state index in [9.17, 15) is 18.0 Å². The van der Waals surface area contributed by atoms with Gasteiger partial charge in [-0.2, -0.15) is 0 Å². The van der Waals surface area contributed by atoms with E-state index in [1.54, 1.807) is 13.8 Å². The second-order valence-corrected chi connectivity index (χ2v) is 9.78. The van der Waals surface area contributed by atoms with Gasteiger partial charge in [-0.15, -0.1) is 0 Å². The molecule has 1 aromatic rings. The van der Waals surface area contributed by atoms with Gasteiger partial charge in [0.05, 0.1) is 19.5 Å². The molecule has 2 aliphatic rings. The number of nitrogens with one attached hydrogen (secondary N) is 1. The summed E-state index contributed by atoms with van der Waals surface area (Å²) in [5, 5.41) is 2.29. The van der Waals surface area contributed by atoms with E-state index in [0.29, 0.717) is 49.0 Å². The van der Waals surface area contributed by atoms with Crippen LogP contribution in [0.15, 0.2) is 47.2 Å². The highest BCUT2D eigenvalue weighted by atomic mass is 32.2. The van der Waals surface area contributed by atoms with Crippen molar-refractivity contribution in [1.29, 1.82) is 0 Å². The van der Waals surface area contributed by atoms with E-state index in [0.717, 1.165) is 23.1 Å². The minimum Gasteiger partial charge on any atom is -0.378 e. The topological polar surface area (TPSA) is 96.0 Å². The molecule has 1 fully saturated rings. The largest absolute Gasteiger partial charge is 0.378 e. The number of benzene rings is 1. The van der Waals surface area contributed by atoms with Crippen molar-refractivity contribution in [1.82, 2.24) is 14.5 Å². The van der Waals surface area contributed by atoms with Crippen LogP contribution in [0.2, 0.25) is 0 Å². The average Bonchev–Trinajstić information content (AvgIpc) is 3.11. The highest BCUT2D eigenvalue weighted by Gasteiger charge is 2.33. The predicted octanol–water partition coefficient (Wildman–Crippen LogP) is 2.36. The minimum absolute atomic E-state index is 0.477. The molecule has 1 aliphatic carbocycles. The Balaban J connectivity index is 1.93. The Hall–Kier alpha value is -2.65. The Labute approximate surface area is 183 Å². The molecular formula is C22H29N3O5S. The maximum Gasteiger partial charge on any atom is 0.338 e. The Bertz CT molecular complexity index is 993. The fraction of sp³-hybridized carbons (Fsp3) is 0.455. The molecule has 9 heteroatoms. The van der Waals surface area contributed by atoms with Crippen LogP contribution in [-0.4, -0.2) is 68.2 Å². The quantitative estimate of drug-likeness (QED) is 0.744. The number of amides is 3. The molecule has 168 valence electrons. The van der Waals surface area contributed by atoms with Crippen LogP contribution in [0.4, 0.5) is 4.79 Å². The summed E-state index contributed by atoms with van der Waals surface area (Å²) in [6, 6.07) is 8.32. The van der Waals surface area contributed by atoms with Crippen LogP contribution in [0.1, 0.15) is 32.3 Å². The third-order valence-corrected chi connectivity index (χ3v) is 6.53. The molecule has 8 nitrogen and oxygen atoms in total. The van der Waals surface area contributed by atoms with E-state index in [1.165, 1.54) is 0 Å². The Morgan fingerprint density at radius 2 is 1.77 bits per heavy atom. The highest BCUT2D eigenvalue weighted by molar-refractivity contribution is 7.88. The van der Waals surface area contributed by atoms with Gasteiger partial charge >= 0.3 is 6.03 Å². The maximum atomic E-state index is 13.1. The third kappa shape index (κ3) is 5.54. The number of allylic oxidation sites excluding steroid dienone is 1. The summed E-state index contributed by atoms with van der Waals surface area (Å²) in [5.74, 6) is -0.558. The smallest absolute Gasteiger partial charge is 0.338 e. The molecule has 0 unspecified atom stereocenters. The molecule has 1 aromatic carbocycles. The fourth-order valence-electron chi connectivity index (χ4n) is 3.98. The lowest BCUT2D eigenvalue weighted by Crippen LogP contribution is -2.49. The molecule has 0 spiro atoms. The van der Waals surface area contributed by atoms with Gasteiger partial charge in [0.1, 0.15) is 0 Å². The molecule has 1 aliphatic heterocycles. The van der Waals surface area contributed by atoms with Gasteiger partial charge in [0.2, 0.25) is 10.0 Å². The Morgan fingerprint density at radius 1 is 1.13 bits per heavy atom. The van der Waals surface area contributed by atoms with E-state index >= 15 is 0 Å². The van der Waals surface area contributed by atoms with E-state index in [4.69, 9.17) is 4.74 Å². The monoisotopic (exact) mass is 447 g/mol. The van der Waals surface area contributed by atoms with E-state index < -0.39 is 28.0 Å². The lowest BCUT2D eigenvalue weighted by Gasteiger charge is -2.31. The van der Waals surface area contributed by atoms with E-state index in [1.807, 2.05) is 30.3 Å². The number of carbonyl (C=O) groups excluding carboxylic acids is 2. The van der Waals surface area contributed by atoms with E-state index in [2.05, 4.69) is 16.3 Å². The number of carbonyl (C=O) groups is 2. The van der Waals surface area contributed by atoms with Crippen molar-refractivity contribution < 1.29 is 22.7 Å². The zero-order chi connectivity index (χ0) is 22.6. The van der Waals surface area contributed by atoms with Crippen molar-refractivity contribution in [3.05, 3.63) is 52.7 Å². The number of nitrogens with zero attached hydrogens (tertiary/aromatic N) is 2. The Morgan fingerprint density at radius 3 is 2.35 bits per heavy atom. The molecule has 1 saturated heterocycles. The summed E-state index contributed by atoms with van der Waals surface area (Å²) in [6.45, 7) is 5.58. The van der Waals surface area contributed by atoms with Gasteiger partial charge < -0.3 is 9.64 Å². The second-order valence-electron chi connectivity index (χ2n) is 7.92. The first-order valence-corrected chi connectivity index (χ1v) is 12.2. The lowest BCUT2D eigenvalue weighted by molar-refractivity contribution is -0.116. The van der Waals surface area contributed by atoms with Crippen LogP contribution in [0.25, 0.3) is 6.08 Å². The van der Waals surface area contributed by atoms with Crippen LogP contribution in [-0.2, 0) is 19.6 Å². The van der Waals surface area contributed by atoms with Crippen molar-refractivity contribution in [2.75, 3.05) is 32.6 Å². The summed E-state index contributed by atoms with van der Waals surface area (Å²) < 4.78 is 30.1. The SMILES string of the molecule is CC(C)N(C(=O)NC(=O)C1=C(N2CCOCC2)/C(=C/c2ccccc2)CC1)S(C)(=O)=O. The van der Waals surface area contributed by atoms with Crippen molar-refractivity contribution in [3.8, 4) is 0 Å². The summed E-state index contributed by atoms with van der Waals surface area (Å²) in [7, 11) is -3.80. The molecule has 1 heterocycles. The molecule has 3 rings (SSSR count). The lowest BCUT2D eigenvalue weighted by atomic mass is 10.1. The predicted molar refractivity (Wildman–Crippen MR) is 118 cm³/mol. The van der Waals surface area contributed by atoms with E-state index in [-0.39, 0.29) is 0 Å². The van der Waals surface area contributed by atoms with Crippen LogP contribution in [0, 0.1) is 0 Å². The fourth-order valence-corrected chi connectivity index (χ4v) is 5.09. The van der Waals surface area contributed by atoms with Crippen molar-refractivity contribution in [3.63, 3.8) is 0 Å². The van der Waals surface area contributed by atoms with Gasteiger partial charge in [0.15, 0.2) is 0 Å². The standard InChI is InChI=1S/C22H29N3O5S/c1-16(2)25(31(3,28)29)22(27)23-21(26)19-10-9-18(15-17-7-5-4-6-8-17)20(19)24-11-13-30-14-12-24/h4-8,15-16H,9-14H2,1-3H3,(H,23,26,27)/b18-15+. The first kappa shape index (κ1) is 23.0. The summed E-state index contributed by atoms with van der Waals surface area (Å²) in [5.41, 5.74) is 3.36. The van der Waals surface area contributed by atoms with Crippen LogP contribution in [0.5, 0.6) is 0 Å². The van der Waals surface area contributed by atoms with Crippen molar-refractivity contribution in [2.24, 2.45) is 0 Å². The number of imide groups is 1. The zero-order valence-corrected chi connectivity index (χ0v) is 18.9. The first-order valence-electron chi connectivity index (χ1n) is 10.3.